The van der Waals surface area contributed by atoms with Crippen molar-refractivity contribution < 1.29 is 9.53 Å². The van der Waals surface area contributed by atoms with Crippen molar-refractivity contribution in [1.82, 2.24) is 9.97 Å². The van der Waals surface area contributed by atoms with Crippen LogP contribution in [0.1, 0.15) is 37.7 Å². The summed E-state index contributed by atoms with van der Waals surface area (Å²) in [7, 11) is 1.63. The second-order valence-corrected chi connectivity index (χ2v) is 5.71. The molecule has 0 radical (unpaired) electrons. The van der Waals surface area contributed by atoms with Crippen LogP contribution in [0.2, 0.25) is 0 Å². The zero-order chi connectivity index (χ0) is 14.7. The minimum atomic E-state index is 0.423. The van der Waals surface area contributed by atoms with E-state index in [4.69, 9.17) is 4.74 Å². The first-order valence-corrected chi connectivity index (χ1v) is 7.56. The van der Waals surface area contributed by atoms with E-state index in [9.17, 15) is 4.79 Å². The van der Waals surface area contributed by atoms with Gasteiger partial charge in [-0.2, -0.15) is 0 Å². The maximum absolute atomic E-state index is 11.3. The van der Waals surface area contributed by atoms with Gasteiger partial charge in [-0.25, -0.2) is 4.98 Å². The Balaban J connectivity index is 1.75. The molecule has 0 saturated heterocycles. The summed E-state index contributed by atoms with van der Waals surface area (Å²) >= 11 is 0. The van der Waals surface area contributed by atoms with Crippen LogP contribution >= 0.6 is 0 Å². The van der Waals surface area contributed by atoms with E-state index in [1.165, 1.54) is 5.56 Å². The lowest BCUT2D eigenvalue weighted by atomic mass is 9.84. The molecule has 0 spiro atoms. The van der Waals surface area contributed by atoms with Crippen LogP contribution in [0.3, 0.4) is 0 Å². The minimum Gasteiger partial charge on any atom is -0.481 e. The molecule has 1 fully saturated rings. The molecule has 0 unspecified atom stereocenters. The van der Waals surface area contributed by atoms with Crippen LogP contribution < -0.4 is 4.74 Å². The fraction of sp³-hybridized carbons (Fsp3) is 0.471. The number of aryl methyl sites for hydroxylation is 1. The number of methoxy groups -OCH3 is 1. The predicted octanol–water partition coefficient (Wildman–Crippen LogP) is 3.33. The summed E-state index contributed by atoms with van der Waals surface area (Å²) in [5.41, 5.74) is 3.06. The SMILES string of the molecule is COc1ccc2nccc(CCC3CCC(=O)CC3)c2n1. The quantitative estimate of drug-likeness (QED) is 0.864. The molecule has 21 heavy (non-hydrogen) atoms. The van der Waals surface area contributed by atoms with Crippen LogP contribution in [0.4, 0.5) is 0 Å². The highest BCUT2D eigenvalue weighted by Gasteiger charge is 2.18. The molecule has 4 heteroatoms. The number of pyridine rings is 2. The van der Waals surface area contributed by atoms with E-state index in [1.807, 2.05) is 24.4 Å². The summed E-state index contributed by atoms with van der Waals surface area (Å²) in [5, 5.41) is 0. The number of carbonyl (C=O) groups excluding carboxylic acids is 1. The van der Waals surface area contributed by atoms with Gasteiger partial charge in [0.25, 0.3) is 0 Å². The lowest BCUT2D eigenvalue weighted by Crippen LogP contribution is -2.14. The van der Waals surface area contributed by atoms with Crippen molar-refractivity contribution in [3.05, 3.63) is 30.0 Å². The Bertz CT molecular complexity index is 644. The fourth-order valence-electron chi connectivity index (χ4n) is 3.02. The number of ether oxygens (including phenoxy) is 1. The van der Waals surface area contributed by atoms with E-state index in [0.717, 1.165) is 49.6 Å². The van der Waals surface area contributed by atoms with Gasteiger partial charge < -0.3 is 4.74 Å². The largest absolute Gasteiger partial charge is 0.481 e. The van der Waals surface area contributed by atoms with Crippen molar-refractivity contribution in [2.24, 2.45) is 5.92 Å². The maximum atomic E-state index is 11.3. The Morgan fingerprint density at radius 3 is 2.81 bits per heavy atom. The van der Waals surface area contributed by atoms with Crippen LogP contribution in [-0.4, -0.2) is 22.9 Å². The highest BCUT2D eigenvalue weighted by Crippen LogP contribution is 2.27. The van der Waals surface area contributed by atoms with Gasteiger partial charge in [0.2, 0.25) is 5.88 Å². The smallest absolute Gasteiger partial charge is 0.213 e. The van der Waals surface area contributed by atoms with Gasteiger partial charge in [-0.05, 0) is 49.3 Å². The summed E-state index contributed by atoms with van der Waals surface area (Å²) < 4.78 is 5.21. The minimum absolute atomic E-state index is 0.423. The van der Waals surface area contributed by atoms with Gasteiger partial charge in [-0.3, -0.25) is 9.78 Å². The number of aromatic nitrogens is 2. The molecular weight excluding hydrogens is 264 g/mol. The van der Waals surface area contributed by atoms with E-state index in [0.29, 0.717) is 17.6 Å². The third kappa shape index (κ3) is 3.20. The highest BCUT2D eigenvalue weighted by molar-refractivity contribution is 5.79. The molecule has 2 aromatic rings. The Morgan fingerprint density at radius 1 is 1.24 bits per heavy atom. The number of Topliss-reactive ketones (excluding diaryl/α,β-unsaturated/α-hetero) is 1. The number of rotatable bonds is 4. The van der Waals surface area contributed by atoms with Gasteiger partial charge >= 0.3 is 0 Å². The second kappa shape index (κ2) is 6.20. The molecule has 1 aliphatic carbocycles. The summed E-state index contributed by atoms with van der Waals surface area (Å²) in [6.45, 7) is 0. The Morgan fingerprint density at radius 2 is 2.05 bits per heavy atom. The lowest BCUT2D eigenvalue weighted by molar-refractivity contribution is -0.121. The third-order valence-corrected chi connectivity index (χ3v) is 4.34. The molecule has 1 saturated carbocycles. The van der Waals surface area contributed by atoms with Crippen LogP contribution in [-0.2, 0) is 11.2 Å². The highest BCUT2D eigenvalue weighted by atomic mass is 16.5. The van der Waals surface area contributed by atoms with Gasteiger partial charge in [-0.1, -0.05) is 0 Å². The van der Waals surface area contributed by atoms with Crippen LogP contribution in [0.15, 0.2) is 24.4 Å². The molecule has 0 aromatic carbocycles. The number of nitrogens with zero attached hydrogens (tertiary/aromatic N) is 2. The van der Waals surface area contributed by atoms with Crippen molar-refractivity contribution in [2.75, 3.05) is 7.11 Å². The first kappa shape index (κ1) is 14.0. The fourth-order valence-corrected chi connectivity index (χ4v) is 3.02. The standard InChI is InChI=1S/C17H20N2O2/c1-21-16-9-8-15-17(19-16)13(10-11-18-15)5-2-12-3-6-14(20)7-4-12/h8-12H,2-7H2,1H3. The molecule has 110 valence electrons. The van der Waals surface area contributed by atoms with E-state index in [1.54, 1.807) is 7.11 Å². The Hall–Kier alpha value is -1.97. The lowest BCUT2D eigenvalue weighted by Gasteiger charge is -2.20. The maximum Gasteiger partial charge on any atom is 0.213 e. The molecule has 0 N–H and O–H groups in total. The van der Waals surface area contributed by atoms with Crippen molar-refractivity contribution in [2.45, 2.75) is 38.5 Å². The topological polar surface area (TPSA) is 52.1 Å². The Labute approximate surface area is 124 Å². The molecule has 0 bridgehead atoms. The average molecular weight is 284 g/mol. The summed E-state index contributed by atoms with van der Waals surface area (Å²) in [6, 6.07) is 5.83. The molecule has 0 aliphatic heterocycles. The molecule has 3 rings (SSSR count). The van der Waals surface area contributed by atoms with E-state index in [2.05, 4.69) is 9.97 Å². The summed E-state index contributed by atoms with van der Waals surface area (Å²) in [5.74, 6) is 1.71. The van der Waals surface area contributed by atoms with Crippen LogP contribution in [0.25, 0.3) is 11.0 Å². The van der Waals surface area contributed by atoms with Gasteiger partial charge in [0.1, 0.15) is 5.78 Å². The normalized spacial score (nSPS) is 16.3. The number of fused-ring (bicyclic) bond motifs is 1. The van der Waals surface area contributed by atoms with Gasteiger partial charge in [-0.15, -0.1) is 0 Å². The third-order valence-electron chi connectivity index (χ3n) is 4.34. The number of ketones is 1. The Kier molecular flexibility index (Phi) is 4.13. The molecule has 1 aliphatic rings. The zero-order valence-corrected chi connectivity index (χ0v) is 12.3. The second-order valence-electron chi connectivity index (χ2n) is 5.71. The van der Waals surface area contributed by atoms with Crippen LogP contribution in [0, 0.1) is 5.92 Å². The van der Waals surface area contributed by atoms with Crippen molar-refractivity contribution >= 4 is 16.8 Å². The number of hydrogen-bond donors (Lipinski definition) is 0. The molecule has 0 amide bonds. The predicted molar refractivity (Wildman–Crippen MR) is 81.4 cm³/mol. The van der Waals surface area contributed by atoms with Crippen LogP contribution in [0.5, 0.6) is 5.88 Å². The van der Waals surface area contributed by atoms with E-state index < -0.39 is 0 Å². The molecular formula is C17H20N2O2. The average Bonchev–Trinajstić information content (AvgIpc) is 2.54. The van der Waals surface area contributed by atoms with Crippen molar-refractivity contribution in [3.8, 4) is 5.88 Å². The van der Waals surface area contributed by atoms with E-state index >= 15 is 0 Å². The van der Waals surface area contributed by atoms with Gasteiger partial charge in [0.05, 0.1) is 18.1 Å². The molecule has 4 nitrogen and oxygen atoms in total. The van der Waals surface area contributed by atoms with Gasteiger partial charge in [0, 0.05) is 25.1 Å². The first-order valence-electron chi connectivity index (χ1n) is 7.56. The first-order chi connectivity index (χ1) is 10.3. The monoisotopic (exact) mass is 284 g/mol. The zero-order valence-electron chi connectivity index (χ0n) is 12.3. The number of hydrogen-bond acceptors (Lipinski definition) is 4. The van der Waals surface area contributed by atoms with Crippen molar-refractivity contribution in [1.29, 1.82) is 0 Å². The molecule has 0 atom stereocenters. The summed E-state index contributed by atoms with van der Waals surface area (Å²) in [6.07, 6.45) is 7.54. The molecule has 2 aromatic heterocycles. The molecule has 2 heterocycles. The van der Waals surface area contributed by atoms with E-state index in [-0.39, 0.29) is 0 Å². The number of carbonyl (C=O) groups is 1. The van der Waals surface area contributed by atoms with Gasteiger partial charge in [0.15, 0.2) is 0 Å². The van der Waals surface area contributed by atoms with Crippen molar-refractivity contribution in [3.63, 3.8) is 0 Å². The summed E-state index contributed by atoms with van der Waals surface area (Å²) in [4.78, 5) is 20.2.